The van der Waals surface area contributed by atoms with E-state index in [-0.39, 0.29) is 5.92 Å². The summed E-state index contributed by atoms with van der Waals surface area (Å²) in [6.45, 7) is 3.68. The third-order valence-electron chi connectivity index (χ3n) is 1.88. The summed E-state index contributed by atoms with van der Waals surface area (Å²) in [6.07, 6.45) is 0. The largest absolute Gasteiger partial charge is 0.301 e. The molecule has 1 atom stereocenters. The van der Waals surface area contributed by atoms with Gasteiger partial charge in [0.25, 0.3) is 0 Å². The van der Waals surface area contributed by atoms with Crippen LogP contribution in [0.15, 0.2) is 15.2 Å². The van der Waals surface area contributed by atoms with Crippen LogP contribution in [0.3, 0.4) is 0 Å². The molecule has 1 rings (SSSR count). The van der Waals surface area contributed by atoms with E-state index in [1.807, 2.05) is 14.0 Å². The van der Waals surface area contributed by atoms with Gasteiger partial charge in [-0.1, -0.05) is 0 Å². The Hall–Kier alpha value is -0.370. The molecular formula is C10H13BrN2S. The van der Waals surface area contributed by atoms with E-state index >= 15 is 0 Å². The monoisotopic (exact) mass is 272 g/mol. The maximum absolute atomic E-state index is 8.67. The molecule has 0 saturated heterocycles. The van der Waals surface area contributed by atoms with Gasteiger partial charge in [0.1, 0.15) is 0 Å². The standard InChI is InChI=1S/C10H13BrN2S/c1-8(4-12)5-13(2)6-9-3-10(11)14-7-9/h3,7-8H,5-6H2,1-2H3. The van der Waals surface area contributed by atoms with Crippen LogP contribution in [0.1, 0.15) is 12.5 Å². The molecule has 0 spiro atoms. The van der Waals surface area contributed by atoms with Crippen molar-refractivity contribution in [2.45, 2.75) is 13.5 Å². The van der Waals surface area contributed by atoms with E-state index in [2.05, 4.69) is 38.3 Å². The lowest BCUT2D eigenvalue weighted by Crippen LogP contribution is -2.22. The molecule has 0 bridgehead atoms. The molecule has 2 nitrogen and oxygen atoms in total. The van der Waals surface area contributed by atoms with Gasteiger partial charge >= 0.3 is 0 Å². The molecule has 0 radical (unpaired) electrons. The summed E-state index contributed by atoms with van der Waals surface area (Å²) < 4.78 is 1.16. The molecule has 0 N–H and O–H groups in total. The molecule has 0 saturated carbocycles. The molecule has 0 fully saturated rings. The normalized spacial score (nSPS) is 12.8. The topological polar surface area (TPSA) is 27.0 Å². The van der Waals surface area contributed by atoms with Crippen molar-refractivity contribution in [3.63, 3.8) is 0 Å². The van der Waals surface area contributed by atoms with E-state index in [1.165, 1.54) is 5.56 Å². The Balaban J connectivity index is 2.42. The van der Waals surface area contributed by atoms with Crippen molar-refractivity contribution in [3.05, 3.63) is 20.8 Å². The van der Waals surface area contributed by atoms with Crippen LogP contribution in [0.5, 0.6) is 0 Å². The molecule has 0 aliphatic heterocycles. The zero-order valence-electron chi connectivity index (χ0n) is 8.33. The highest BCUT2D eigenvalue weighted by Gasteiger charge is 2.06. The summed E-state index contributed by atoms with van der Waals surface area (Å²) in [4.78, 5) is 2.17. The predicted octanol–water partition coefficient (Wildman–Crippen LogP) is 3.10. The van der Waals surface area contributed by atoms with E-state index in [0.717, 1.165) is 16.9 Å². The van der Waals surface area contributed by atoms with Gasteiger partial charge in [-0.2, -0.15) is 5.26 Å². The highest BCUT2D eigenvalue weighted by molar-refractivity contribution is 9.11. The number of thiophene rings is 1. The van der Waals surface area contributed by atoms with Gasteiger partial charge in [0.05, 0.1) is 15.8 Å². The number of rotatable bonds is 4. The highest BCUT2D eigenvalue weighted by Crippen LogP contribution is 2.21. The van der Waals surface area contributed by atoms with Gasteiger partial charge in [-0.3, -0.25) is 0 Å². The minimum Gasteiger partial charge on any atom is -0.301 e. The maximum atomic E-state index is 8.67. The first-order valence-electron chi connectivity index (χ1n) is 4.43. The highest BCUT2D eigenvalue weighted by atomic mass is 79.9. The molecular weight excluding hydrogens is 260 g/mol. The average molecular weight is 273 g/mol. The average Bonchev–Trinajstić information content (AvgIpc) is 2.50. The Morgan fingerprint density at radius 2 is 2.43 bits per heavy atom. The third-order valence-corrected chi connectivity index (χ3v) is 3.43. The molecule has 1 unspecified atom stereocenters. The summed E-state index contributed by atoms with van der Waals surface area (Å²) in [5.41, 5.74) is 1.30. The molecule has 0 amide bonds. The van der Waals surface area contributed by atoms with Crippen LogP contribution in [0.2, 0.25) is 0 Å². The van der Waals surface area contributed by atoms with Crippen molar-refractivity contribution in [1.29, 1.82) is 5.26 Å². The molecule has 0 aromatic carbocycles. The van der Waals surface area contributed by atoms with E-state index in [1.54, 1.807) is 11.3 Å². The first-order valence-corrected chi connectivity index (χ1v) is 6.10. The number of nitriles is 1. The van der Waals surface area contributed by atoms with Gasteiger partial charge in [0.15, 0.2) is 0 Å². The van der Waals surface area contributed by atoms with Gasteiger partial charge in [-0.05, 0) is 46.9 Å². The molecule has 1 aromatic rings. The number of hydrogen-bond acceptors (Lipinski definition) is 3. The lowest BCUT2D eigenvalue weighted by atomic mass is 10.2. The summed E-state index contributed by atoms with van der Waals surface area (Å²) in [7, 11) is 2.04. The minimum absolute atomic E-state index is 0.0991. The third kappa shape index (κ3) is 3.79. The van der Waals surface area contributed by atoms with Crippen LogP contribution in [-0.4, -0.2) is 18.5 Å². The maximum Gasteiger partial charge on any atom is 0.0701 e. The quantitative estimate of drug-likeness (QED) is 0.842. The second-order valence-electron chi connectivity index (χ2n) is 3.49. The predicted molar refractivity (Wildman–Crippen MR) is 63.1 cm³/mol. The van der Waals surface area contributed by atoms with Crippen LogP contribution in [0.4, 0.5) is 0 Å². The number of nitrogens with zero attached hydrogens (tertiary/aromatic N) is 2. The zero-order valence-corrected chi connectivity index (χ0v) is 10.7. The Labute approximate surface area is 97.3 Å². The Morgan fingerprint density at radius 3 is 2.93 bits per heavy atom. The van der Waals surface area contributed by atoms with Gasteiger partial charge in [0, 0.05) is 13.1 Å². The van der Waals surface area contributed by atoms with Crippen LogP contribution in [-0.2, 0) is 6.54 Å². The van der Waals surface area contributed by atoms with Crippen molar-refractivity contribution in [2.75, 3.05) is 13.6 Å². The van der Waals surface area contributed by atoms with Gasteiger partial charge in [-0.15, -0.1) is 11.3 Å². The minimum atomic E-state index is 0.0991. The van der Waals surface area contributed by atoms with E-state index < -0.39 is 0 Å². The van der Waals surface area contributed by atoms with Crippen LogP contribution in [0.25, 0.3) is 0 Å². The lowest BCUT2D eigenvalue weighted by molar-refractivity contribution is 0.303. The molecule has 0 aliphatic rings. The van der Waals surface area contributed by atoms with Gasteiger partial charge in [0.2, 0.25) is 0 Å². The van der Waals surface area contributed by atoms with Crippen LogP contribution >= 0.6 is 27.3 Å². The summed E-state index contributed by atoms with van der Waals surface area (Å²) in [5.74, 6) is 0.0991. The molecule has 1 heterocycles. The number of hydrogen-bond donors (Lipinski definition) is 0. The van der Waals surface area contributed by atoms with Crippen LogP contribution in [0, 0.1) is 17.2 Å². The smallest absolute Gasteiger partial charge is 0.0701 e. The van der Waals surface area contributed by atoms with E-state index in [9.17, 15) is 0 Å². The second-order valence-corrected chi connectivity index (χ2v) is 5.78. The Kier molecular flexibility index (Phi) is 4.59. The summed E-state index contributed by atoms with van der Waals surface area (Å²) in [6, 6.07) is 4.36. The fourth-order valence-electron chi connectivity index (χ4n) is 1.31. The molecule has 76 valence electrons. The lowest BCUT2D eigenvalue weighted by Gasteiger charge is -2.16. The molecule has 4 heteroatoms. The molecule has 1 aromatic heterocycles. The fraction of sp³-hybridized carbons (Fsp3) is 0.500. The van der Waals surface area contributed by atoms with E-state index in [0.29, 0.717) is 0 Å². The first-order chi connectivity index (χ1) is 6.61. The fourth-order valence-corrected chi connectivity index (χ4v) is 2.51. The molecule has 14 heavy (non-hydrogen) atoms. The summed E-state index contributed by atoms with van der Waals surface area (Å²) in [5, 5.41) is 10.8. The van der Waals surface area contributed by atoms with Crippen molar-refractivity contribution >= 4 is 27.3 Å². The van der Waals surface area contributed by atoms with Crippen molar-refractivity contribution < 1.29 is 0 Å². The van der Waals surface area contributed by atoms with Gasteiger partial charge in [-0.25, -0.2) is 0 Å². The van der Waals surface area contributed by atoms with Crippen molar-refractivity contribution in [3.8, 4) is 6.07 Å². The number of halogens is 1. The van der Waals surface area contributed by atoms with Crippen LogP contribution < -0.4 is 0 Å². The molecule has 0 aliphatic carbocycles. The van der Waals surface area contributed by atoms with E-state index in [4.69, 9.17) is 5.26 Å². The van der Waals surface area contributed by atoms with Gasteiger partial charge < -0.3 is 4.90 Å². The Bertz CT molecular complexity index is 329. The first kappa shape index (κ1) is 11.7. The summed E-state index contributed by atoms with van der Waals surface area (Å²) >= 11 is 5.13. The zero-order chi connectivity index (χ0) is 10.6. The van der Waals surface area contributed by atoms with Crippen molar-refractivity contribution in [1.82, 2.24) is 4.90 Å². The Morgan fingerprint density at radius 1 is 1.71 bits per heavy atom. The second kappa shape index (κ2) is 5.50. The SMILES string of the molecule is CC(C#N)CN(C)Cc1csc(Br)c1. The van der Waals surface area contributed by atoms with Crippen molar-refractivity contribution in [2.24, 2.45) is 5.92 Å².